The summed E-state index contributed by atoms with van der Waals surface area (Å²) in [7, 11) is 0. The maximum absolute atomic E-state index is 12.8. The van der Waals surface area contributed by atoms with E-state index in [1.54, 1.807) is 0 Å². The second-order valence-corrected chi connectivity index (χ2v) is 8.70. The minimum absolute atomic E-state index is 0.0775. The minimum atomic E-state index is -0.0775. The Morgan fingerprint density at radius 2 is 1.82 bits per heavy atom. The molecule has 0 spiro atoms. The highest BCUT2D eigenvalue weighted by atomic mass is 35.5. The van der Waals surface area contributed by atoms with Crippen LogP contribution in [-0.4, -0.2) is 53.6 Å². The predicted octanol–water partition coefficient (Wildman–Crippen LogP) is 3.23. The van der Waals surface area contributed by atoms with Crippen LogP contribution in [0.1, 0.15) is 17.5 Å². The number of carbonyl (C=O) groups is 1. The van der Waals surface area contributed by atoms with E-state index in [0.717, 1.165) is 44.7 Å². The fourth-order valence-corrected chi connectivity index (χ4v) is 4.86. The van der Waals surface area contributed by atoms with Gasteiger partial charge in [0.2, 0.25) is 5.91 Å². The highest BCUT2D eigenvalue weighted by Crippen LogP contribution is 2.43. The molecule has 2 saturated heterocycles. The largest absolute Gasteiger partial charge is 0.396 e. The molecular weight excluding hydrogens is 372 g/mol. The third-order valence-electron chi connectivity index (χ3n) is 6.39. The number of halogens is 1. The van der Waals surface area contributed by atoms with Gasteiger partial charge in [-0.25, -0.2) is 0 Å². The van der Waals surface area contributed by atoms with Crippen LogP contribution in [-0.2, 0) is 17.8 Å². The van der Waals surface area contributed by atoms with Gasteiger partial charge in [-0.15, -0.1) is 0 Å². The van der Waals surface area contributed by atoms with E-state index < -0.39 is 0 Å². The van der Waals surface area contributed by atoms with Crippen molar-refractivity contribution in [2.24, 2.45) is 11.3 Å². The molecule has 4 rings (SSSR count). The number of piperidine rings is 1. The van der Waals surface area contributed by atoms with Crippen molar-refractivity contribution in [3.8, 4) is 0 Å². The van der Waals surface area contributed by atoms with Crippen LogP contribution in [0.4, 0.5) is 0 Å². The zero-order valence-electron chi connectivity index (χ0n) is 16.1. The first kappa shape index (κ1) is 19.4. The lowest BCUT2D eigenvalue weighted by atomic mass is 9.73. The third kappa shape index (κ3) is 4.09. The Morgan fingerprint density at radius 1 is 1.07 bits per heavy atom. The van der Waals surface area contributed by atoms with Gasteiger partial charge >= 0.3 is 0 Å². The van der Waals surface area contributed by atoms with Gasteiger partial charge in [0.25, 0.3) is 0 Å². The molecule has 0 bridgehead atoms. The zero-order chi connectivity index (χ0) is 19.6. The Hall–Kier alpha value is -1.88. The Labute approximate surface area is 171 Å². The second-order valence-electron chi connectivity index (χ2n) is 8.27. The van der Waals surface area contributed by atoms with Crippen molar-refractivity contribution in [2.45, 2.75) is 19.4 Å². The van der Waals surface area contributed by atoms with Gasteiger partial charge in [0.05, 0.1) is 13.0 Å². The van der Waals surface area contributed by atoms with E-state index in [1.165, 1.54) is 5.56 Å². The molecule has 0 radical (unpaired) electrons. The van der Waals surface area contributed by atoms with Crippen LogP contribution in [0.25, 0.3) is 0 Å². The molecule has 0 unspecified atom stereocenters. The Bertz CT molecular complexity index is 811. The molecule has 0 aliphatic carbocycles. The van der Waals surface area contributed by atoms with E-state index in [4.69, 9.17) is 11.6 Å². The SMILES string of the molecule is O=C(Cc1ccc(Cl)cc1)N1CC[C@@]2(CO)CN(Cc3ccccc3)C[C@H]2C1. The van der Waals surface area contributed by atoms with Crippen molar-refractivity contribution >= 4 is 17.5 Å². The zero-order valence-corrected chi connectivity index (χ0v) is 16.8. The van der Waals surface area contributed by atoms with Crippen LogP contribution >= 0.6 is 11.6 Å². The molecule has 2 atom stereocenters. The van der Waals surface area contributed by atoms with Crippen molar-refractivity contribution in [1.82, 2.24) is 9.80 Å². The number of hydrogen-bond acceptors (Lipinski definition) is 3. The molecule has 0 saturated carbocycles. The molecule has 2 aliphatic heterocycles. The monoisotopic (exact) mass is 398 g/mol. The van der Waals surface area contributed by atoms with E-state index in [9.17, 15) is 9.90 Å². The van der Waals surface area contributed by atoms with Crippen LogP contribution in [0.15, 0.2) is 54.6 Å². The van der Waals surface area contributed by atoms with E-state index >= 15 is 0 Å². The molecule has 4 nitrogen and oxygen atoms in total. The maximum Gasteiger partial charge on any atom is 0.226 e. The van der Waals surface area contributed by atoms with Gasteiger partial charge in [0.1, 0.15) is 0 Å². The standard InChI is InChI=1S/C23H27ClN2O2/c24-21-8-6-18(7-9-21)12-22(28)26-11-10-23(17-27)16-25(14-20(23)15-26)13-19-4-2-1-3-5-19/h1-9,20,27H,10-17H2/t20-,23-/m0/s1. The smallest absolute Gasteiger partial charge is 0.226 e. The van der Waals surface area contributed by atoms with E-state index in [0.29, 0.717) is 17.4 Å². The minimum Gasteiger partial charge on any atom is -0.396 e. The van der Waals surface area contributed by atoms with Crippen LogP contribution in [0.2, 0.25) is 5.02 Å². The average Bonchev–Trinajstić information content (AvgIpc) is 3.08. The summed E-state index contributed by atoms with van der Waals surface area (Å²) in [4.78, 5) is 17.2. The number of carbonyl (C=O) groups excluding carboxylic acids is 1. The normalized spacial score (nSPS) is 24.9. The fraction of sp³-hybridized carbons (Fsp3) is 0.435. The Kier molecular flexibility index (Phi) is 5.72. The predicted molar refractivity (Wildman–Crippen MR) is 111 cm³/mol. The van der Waals surface area contributed by atoms with E-state index in [1.807, 2.05) is 35.2 Å². The van der Waals surface area contributed by atoms with Crippen molar-refractivity contribution in [3.05, 3.63) is 70.7 Å². The van der Waals surface area contributed by atoms with Crippen molar-refractivity contribution < 1.29 is 9.90 Å². The van der Waals surface area contributed by atoms with Gasteiger partial charge < -0.3 is 10.0 Å². The first-order chi connectivity index (χ1) is 13.6. The molecule has 2 aliphatic rings. The first-order valence-electron chi connectivity index (χ1n) is 9.97. The van der Waals surface area contributed by atoms with E-state index in [2.05, 4.69) is 29.2 Å². The van der Waals surface area contributed by atoms with Crippen molar-refractivity contribution in [3.63, 3.8) is 0 Å². The summed E-state index contributed by atoms with van der Waals surface area (Å²) >= 11 is 5.94. The number of hydrogen-bond donors (Lipinski definition) is 1. The summed E-state index contributed by atoms with van der Waals surface area (Å²) in [6.45, 7) is 4.39. The Morgan fingerprint density at radius 3 is 2.54 bits per heavy atom. The fourth-order valence-electron chi connectivity index (χ4n) is 4.73. The highest BCUT2D eigenvalue weighted by molar-refractivity contribution is 6.30. The lowest BCUT2D eigenvalue weighted by molar-refractivity contribution is -0.134. The first-order valence-corrected chi connectivity index (χ1v) is 10.4. The van der Waals surface area contributed by atoms with Gasteiger partial charge in [0.15, 0.2) is 0 Å². The number of benzene rings is 2. The van der Waals surface area contributed by atoms with Crippen LogP contribution < -0.4 is 0 Å². The van der Waals surface area contributed by atoms with Crippen LogP contribution in [0.5, 0.6) is 0 Å². The number of amides is 1. The molecule has 28 heavy (non-hydrogen) atoms. The third-order valence-corrected chi connectivity index (χ3v) is 6.64. The molecule has 2 fully saturated rings. The molecule has 2 heterocycles. The van der Waals surface area contributed by atoms with Gasteiger partial charge in [-0.2, -0.15) is 0 Å². The molecule has 5 heteroatoms. The molecular formula is C23H27ClN2O2. The summed E-state index contributed by atoms with van der Waals surface area (Å²) in [5.41, 5.74) is 2.21. The number of nitrogens with zero attached hydrogens (tertiary/aromatic N) is 2. The number of aliphatic hydroxyl groups excluding tert-OH is 1. The van der Waals surface area contributed by atoms with Crippen molar-refractivity contribution in [1.29, 1.82) is 0 Å². The quantitative estimate of drug-likeness (QED) is 0.840. The van der Waals surface area contributed by atoms with Gasteiger partial charge in [-0.3, -0.25) is 9.69 Å². The summed E-state index contributed by atoms with van der Waals surface area (Å²) in [5, 5.41) is 10.9. The number of likely N-dealkylation sites (tertiary alicyclic amines) is 2. The summed E-state index contributed by atoms with van der Waals surface area (Å²) < 4.78 is 0. The highest BCUT2D eigenvalue weighted by Gasteiger charge is 2.49. The van der Waals surface area contributed by atoms with Gasteiger partial charge in [-0.05, 0) is 35.6 Å². The molecule has 2 aromatic carbocycles. The lowest BCUT2D eigenvalue weighted by Crippen LogP contribution is -2.50. The van der Waals surface area contributed by atoms with Crippen LogP contribution in [0.3, 0.4) is 0 Å². The maximum atomic E-state index is 12.8. The molecule has 148 valence electrons. The summed E-state index contributed by atoms with van der Waals surface area (Å²) in [5.74, 6) is 0.486. The van der Waals surface area contributed by atoms with Crippen LogP contribution in [0, 0.1) is 11.3 Å². The lowest BCUT2D eigenvalue weighted by Gasteiger charge is -2.42. The summed E-state index contributed by atoms with van der Waals surface area (Å²) in [6, 6.07) is 18.0. The molecule has 1 amide bonds. The van der Waals surface area contributed by atoms with Gasteiger partial charge in [0, 0.05) is 43.2 Å². The Balaban J connectivity index is 1.40. The van der Waals surface area contributed by atoms with E-state index in [-0.39, 0.29) is 17.9 Å². The molecule has 1 N–H and O–H groups in total. The number of rotatable bonds is 5. The topological polar surface area (TPSA) is 43.8 Å². The number of fused-ring (bicyclic) bond motifs is 1. The van der Waals surface area contributed by atoms with Gasteiger partial charge in [-0.1, -0.05) is 54.1 Å². The van der Waals surface area contributed by atoms with Crippen molar-refractivity contribution in [2.75, 3.05) is 32.8 Å². The second kappa shape index (κ2) is 8.24. The summed E-state index contributed by atoms with van der Waals surface area (Å²) in [6.07, 6.45) is 1.27. The molecule has 2 aromatic rings. The average molecular weight is 399 g/mol. The number of aliphatic hydroxyl groups is 1. The molecule has 0 aromatic heterocycles.